The number of hydrogen-bond donors (Lipinski definition) is 1. The van der Waals surface area contributed by atoms with Crippen LogP contribution in [-0.4, -0.2) is 15.8 Å². The van der Waals surface area contributed by atoms with Gasteiger partial charge >= 0.3 is 0 Å². The monoisotopic (exact) mass is 285 g/mol. The van der Waals surface area contributed by atoms with Crippen LogP contribution < -0.4 is 5.73 Å². The molecule has 0 saturated carbocycles. The third-order valence-electron chi connectivity index (χ3n) is 4.08. The van der Waals surface area contributed by atoms with Crippen LogP contribution in [0.15, 0.2) is 24.3 Å². The van der Waals surface area contributed by atoms with Gasteiger partial charge in [-0.25, -0.2) is 4.68 Å². The molecule has 2 N–H and O–H groups in total. The minimum Gasteiger partial charge on any atom is -0.327 e. The summed E-state index contributed by atoms with van der Waals surface area (Å²) in [5.74, 6) is 0. The first-order valence-electron chi connectivity index (χ1n) is 8.02. The minimum atomic E-state index is 0.232. The van der Waals surface area contributed by atoms with Crippen LogP contribution in [0, 0.1) is 6.92 Å². The smallest absolute Gasteiger partial charge is 0.0680 e. The van der Waals surface area contributed by atoms with Gasteiger partial charge in [-0.2, -0.15) is 5.10 Å². The largest absolute Gasteiger partial charge is 0.327 e. The first kappa shape index (κ1) is 15.8. The van der Waals surface area contributed by atoms with Gasteiger partial charge in [-0.15, -0.1) is 0 Å². The Balaban J connectivity index is 2.42. The first-order chi connectivity index (χ1) is 10.1. The Morgan fingerprint density at radius 3 is 2.52 bits per heavy atom. The Hall–Kier alpha value is -1.61. The minimum absolute atomic E-state index is 0.232. The molecule has 114 valence electrons. The lowest BCUT2D eigenvalue weighted by molar-refractivity contribution is 0.645. The van der Waals surface area contributed by atoms with E-state index in [1.807, 2.05) is 0 Å². The van der Waals surface area contributed by atoms with Crippen molar-refractivity contribution < 1.29 is 0 Å². The van der Waals surface area contributed by atoms with Gasteiger partial charge in [-0.3, -0.25) is 0 Å². The van der Waals surface area contributed by atoms with E-state index in [9.17, 15) is 0 Å². The molecule has 21 heavy (non-hydrogen) atoms. The fourth-order valence-corrected chi connectivity index (χ4v) is 2.57. The number of aryl methyl sites for hydroxylation is 3. The molecule has 0 saturated heterocycles. The Morgan fingerprint density at radius 1 is 1.14 bits per heavy atom. The molecular weight excluding hydrogens is 258 g/mol. The third-order valence-corrected chi connectivity index (χ3v) is 4.08. The van der Waals surface area contributed by atoms with Gasteiger partial charge in [0.1, 0.15) is 0 Å². The summed E-state index contributed by atoms with van der Waals surface area (Å²) in [5, 5.41) is 4.76. The molecule has 3 nitrogen and oxygen atoms in total. The summed E-state index contributed by atoms with van der Waals surface area (Å²) < 4.78 is 2.11. The van der Waals surface area contributed by atoms with Crippen molar-refractivity contribution >= 4 is 0 Å². The summed E-state index contributed by atoms with van der Waals surface area (Å²) in [6.07, 6.45) is 3.89. The second-order valence-electron chi connectivity index (χ2n) is 5.74. The zero-order valence-electron chi connectivity index (χ0n) is 13.7. The molecule has 1 heterocycles. The predicted octanol–water partition coefficient (Wildman–Crippen LogP) is 3.59. The van der Waals surface area contributed by atoms with E-state index in [2.05, 4.69) is 56.6 Å². The fourth-order valence-electron chi connectivity index (χ4n) is 2.57. The molecule has 0 spiro atoms. The van der Waals surface area contributed by atoms with Crippen molar-refractivity contribution in [2.45, 2.75) is 59.4 Å². The summed E-state index contributed by atoms with van der Waals surface area (Å²) >= 11 is 0. The summed E-state index contributed by atoms with van der Waals surface area (Å²) in [5.41, 5.74) is 12.2. The molecule has 1 unspecified atom stereocenters. The highest BCUT2D eigenvalue weighted by molar-refractivity contribution is 5.44. The molecule has 0 fully saturated rings. The number of rotatable bonds is 6. The quantitative estimate of drug-likeness (QED) is 0.881. The maximum atomic E-state index is 6.09. The molecular formula is C18H27N3. The number of nitrogens with zero attached hydrogens (tertiary/aromatic N) is 2. The molecule has 0 radical (unpaired) electrons. The second-order valence-corrected chi connectivity index (χ2v) is 5.74. The summed E-state index contributed by atoms with van der Waals surface area (Å²) in [6, 6.07) is 9.06. The van der Waals surface area contributed by atoms with E-state index in [1.54, 1.807) is 0 Å². The zero-order chi connectivity index (χ0) is 15.4. The molecule has 2 rings (SSSR count). The Bertz CT molecular complexity index is 599. The molecule has 3 heteroatoms. The predicted molar refractivity (Wildman–Crippen MR) is 89.0 cm³/mol. The topological polar surface area (TPSA) is 43.8 Å². The summed E-state index contributed by atoms with van der Waals surface area (Å²) in [6.45, 7) is 8.61. The van der Waals surface area contributed by atoms with Crippen molar-refractivity contribution in [3.05, 3.63) is 46.8 Å². The summed E-state index contributed by atoms with van der Waals surface area (Å²) in [7, 11) is 0. The van der Waals surface area contributed by atoms with Crippen molar-refractivity contribution in [2.24, 2.45) is 5.73 Å². The van der Waals surface area contributed by atoms with Crippen LogP contribution in [0.5, 0.6) is 0 Å². The number of nitrogens with two attached hydrogens (primary N) is 1. The van der Waals surface area contributed by atoms with Gasteiger partial charge < -0.3 is 5.73 Å². The van der Waals surface area contributed by atoms with Crippen LogP contribution >= 0.6 is 0 Å². The first-order valence-corrected chi connectivity index (χ1v) is 8.02. The Labute approximate surface area is 128 Å². The van der Waals surface area contributed by atoms with Crippen molar-refractivity contribution in [1.29, 1.82) is 0 Å². The van der Waals surface area contributed by atoms with Crippen molar-refractivity contribution in [1.82, 2.24) is 9.78 Å². The van der Waals surface area contributed by atoms with Gasteiger partial charge in [0, 0.05) is 11.7 Å². The van der Waals surface area contributed by atoms with Crippen LogP contribution in [0.25, 0.3) is 5.69 Å². The maximum Gasteiger partial charge on any atom is 0.0680 e. The van der Waals surface area contributed by atoms with Gasteiger partial charge in [0.25, 0.3) is 0 Å². The third kappa shape index (κ3) is 3.53. The van der Waals surface area contributed by atoms with Gasteiger partial charge in [0.2, 0.25) is 0 Å². The highest BCUT2D eigenvalue weighted by Crippen LogP contribution is 2.20. The van der Waals surface area contributed by atoms with Crippen LogP contribution in [0.3, 0.4) is 0 Å². The second kappa shape index (κ2) is 6.90. The van der Waals surface area contributed by atoms with Gasteiger partial charge in [0.15, 0.2) is 0 Å². The Morgan fingerprint density at radius 2 is 1.90 bits per heavy atom. The molecule has 1 atom stereocenters. The van der Waals surface area contributed by atoms with Crippen LogP contribution in [-0.2, 0) is 19.3 Å². The Kier molecular flexibility index (Phi) is 5.18. The molecule has 0 aliphatic rings. The van der Waals surface area contributed by atoms with Gasteiger partial charge in [-0.1, -0.05) is 32.9 Å². The fraction of sp³-hybridized carbons (Fsp3) is 0.500. The van der Waals surface area contributed by atoms with Crippen LogP contribution in [0.2, 0.25) is 0 Å². The van der Waals surface area contributed by atoms with Crippen LogP contribution in [0.4, 0.5) is 0 Å². The molecule has 0 aliphatic heterocycles. The molecule has 1 aromatic carbocycles. The molecule has 0 amide bonds. The highest BCUT2D eigenvalue weighted by atomic mass is 15.3. The van der Waals surface area contributed by atoms with E-state index in [0.717, 1.165) is 31.4 Å². The molecule has 2 aromatic rings. The van der Waals surface area contributed by atoms with Crippen molar-refractivity contribution in [2.75, 3.05) is 0 Å². The number of benzene rings is 1. The van der Waals surface area contributed by atoms with E-state index >= 15 is 0 Å². The normalized spacial score (nSPS) is 12.6. The average Bonchev–Trinajstić information content (AvgIpc) is 2.92. The van der Waals surface area contributed by atoms with E-state index in [1.165, 1.54) is 22.5 Å². The van der Waals surface area contributed by atoms with Gasteiger partial charge in [0.05, 0.1) is 11.4 Å². The lowest BCUT2D eigenvalue weighted by Crippen LogP contribution is -2.21. The highest BCUT2D eigenvalue weighted by Gasteiger charge is 2.11. The lowest BCUT2D eigenvalue weighted by atomic mass is 10.0. The van der Waals surface area contributed by atoms with Crippen molar-refractivity contribution in [3.8, 4) is 5.69 Å². The van der Waals surface area contributed by atoms with Crippen molar-refractivity contribution in [3.63, 3.8) is 0 Å². The SMILES string of the molecule is CCc1cc(CC)n(-c2cc(CC(N)CC)ccc2C)n1. The standard InChI is InChI=1S/C18H27N3/c1-5-15(19)10-14-9-8-13(4)18(11-14)21-17(7-3)12-16(6-2)20-21/h8-9,11-12,15H,5-7,10,19H2,1-4H3. The van der Waals surface area contributed by atoms with Gasteiger partial charge in [-0.05, 0) is 55.9 Å². The zero-order valence-corrected chi connectivity index (χ0v) is 13.7. The molecule has 0 bridgehead atoms. The summed E-state index contributed by atoms with van der Waals surface area (Å²) in [4.78, 5) is 0. The number of hydrogen-bond acceptors (Lipinski definition) is 2. The average molecular weight is 285 g/mol. The van der Waals surface area contributed by atoms with E-state index < -0.39 is 0 Å². The molecule has 0 aliphatic carbocycles. The van der Waals surface area contributed by atoms with E-state index in [4.69, 9.17) is 10.8 Å². The van der Waals surface area contributed by atoms with Crippen LogP contribution in [0.1, 0.15) is 49.7 Å². The molecule has 1 aromatic heterocycles. The number of aromatic nitrogens is 2. The maximum absolute atomic E-state index is 6.09. The lowest BCUT2D eigenvalue weighted by Gasteiger charge is -2.14. The van der Waals surface area contributed by atoms with E-state index in [0.29, 0.717) is 0 Å². The van der Waals surface area contributed by atoms with E-state index in [-0.39, 0.29) is 6.04 Å².